The summed E-state index contributed by atoms with van der Waals surface area (Å²) in [6, 6.07) is 4.99. The number of ether oxygens (including phenoxy) is 1. The normalized spacial score (nSPS) is 10.5. The fourth-order valence-electron chi connectivity index (χ4n) is 1.36. The van der Waals surface area contributed by atoms with Crippen LogP contribution in [0.1, 0.15) is 24.2 Å². The minimum Gasteiger partial charge on any atom is -0.481 e. The van der Waals surface area contributed by atoms with Gasteiger partial charge in [0.2, 0.25) is 0 Å². The topological polar surface area (TPSA) is 48.2 Å². The molecule has 0 spiro atoms. The average molecular weight is 236 g/mol. The van der Waals surface area contributed by atoms with Crippen molar-refractivity contribution < 1.29 is 13.7 Å². The Morgan fingerprint density at radius 3 is 2.94 bits per heavy atom. The lowest BCUT2D eigenvalue weighted by molar-refractivity contribution is 0.233. The van der Waals surface area contributed by atoms with Crippen molar-refractivity contribution in [2.45, 2.75) is 26.9 Å². The zero-order valence-electron chi connectivity index (χ0n) is 9.74. The van der Waals surface area contributed by atoms with Crippen LogP contribution in [-0.4, -0.2) is 10.1 Å². The second kappa shape index (κ2) is 4.95. The van der Waals surface area contributed by atoms with Gasteiger partial charge >= 0.3 is 0 Å². The Bertz CT molecular complexity index is 511. The lowest BCUT2D eigenvalue weighted by Gasteiger charge is -2.05. The number of aryl methyl sites for hydroxylation is 2. The molecule has 90 valence electrons. The van der Waals surface area contributed by atoms with E-state index >= 15 is 0 Å². The van der Waals surface area contributed by atoms with Crippen LogP contribution in [0.2, 0.25) is 0 Å². The first-order chi connectivity index (χ1) is 8.20. The van der Waals surface area contributed by atoms with E-state index in [9.17, 15) is 4.39 Å². The molecule has 0 saturated carbocycles. The number of benzene rings is 1. The van der Waals surface area contributed by atoms with Crippen LogP contribution in [0.5, 0.6) is 5.75 Å². The molecular weight excluding hydrogens is 223 g/mol. The van der Waals surface area contributed by atoms with Gasteiger partial charge in [-0.2, -0.15) is 4.98 Å². The zero-order chi connectivity index (χ0) is 12.3. The van der Waals surface area contributed by atoms with Gasteiger partial charge in [0.25, 0.3) is 5.89 Å². The quantitative estimate of drug-likeness (QED) is 0.818. The smallest absolute Gasteiger partial charge is 0.264 e. The van der Waals surface area contributed by atoms with Gasteiger partial charge in [-0.3, -0.25) is 0 Å². The Hall–Kier alpha value is -1.91. The van der Waals surface area contributed by atoms with Crippen molar-refractivity contribution in [3.63, 3.8) is 0 Å². The number of aromatic nitrogens is 2. The SMILES string of the molecule is CCc1noc(COc2cccc(C)c2F)n1. The van der Waals surface area contributed by atoms with Crippen molar-refractivity contribution in [3.05, 3.63) is 41.3 Å². The maximum Gasteiger partial charge on any atom is 0.264 e. The summed E-state index contributed by atoms with van der Waals surface area (Å²) in [6.07, 6.45) is 0.697. The van der Waals surface area contributed by atoms with E-state index in [0.717, 1.165) is 0 Å². The Labute approximate surface area is 98.4 Å². The highest BCUT2D eigenvalue weighted by molar-refractivity contribution is 5.30. The van der Waals surface area contributed by atoms with Crippen molar-refractivity contribution in [1.29, 1.82) is 0 Å². The van der Waals surface area contributed by atoms with Crippen molar-refractivity contribution >= 4 is 0 Å². The number of hydrogen-bond donors (Lipinski definition) is 0. The molecule has 0 atom stereocenters. The standard InChI is InChI=1S/C12H13FN2O2/c1-3-10-14-11(17-15-10)7-16-9-6-4-5-8(2)12(9)13/h4-6H,3,7H2,1-2H3. The summed E-state index contributed by atoms with van der Waals surface area (Å²) in [4.78, 5) is 4.07. The molecule has 17 heavy (non-hydrogen) atoms. The molecule has 4 nitrogen and oxygen atoms in total. The number of rotatable bonds is 4. The summed E-state index contributed by atoms with van der Waals surface area (Å²) in [6.45, 7) is 3.69. The van der Waals surface area contributed by atoms with E-state index in [1.165, 1.54) is 0 Å². The molecule has 5 heteroatoms. The zero-order valence-corrected chi connectivity index (χ0v) is 9.74. The van der Waals surface area contributed by atoms with Crippen molar-refractivity contribution in [1.82, 2.24) is 10.1 Å². The highest BCUT2D eigenvalue weighted by Crippen LogP contribution is 2.20. The van der Waals surface area contributed by atoms with Gasteiger partial charge in [0.1, 0.15) is 0 Å². The molecule has 0 aliphatic carbocycles. The van der Waals surface area contributed by atoms with Gasteiger partial charge in [-0.1, -0.05) is 24.2 Å². The minimum absolute atomic E-state index is 0.0768. The maximum absolute atomic E-state index is 13.6. The molecule has 2 aromatic rings. The molecule has 0 unspecified atom stereocenters. The largest absolute Gasteiger partial charge is 0.481 e. The third kappa shape index (κ3) is 2.61. The maximum atomic E-state index is 13.6. The monoisotopic (exact) mass is 236 g/mol. The summed E-state index contributed by atoms with van der Waals surface area (Å²) in [5.74, 6) is 0.806. The third-order valence-electron chi connectivity index (χ3n) is 2.33. The summed E-state index contributed by atoms with van der Waals surface area (Å²) in [5, 5.41) is 3.73. The Morgan fingerprint density at radius 2 is 2.24 bits per heavy atom. The van der Waals surface area contributed by atoms with Gasteiger partial charge in [-0.15, -0.1) is 0 Å². The van der Waals surface area contributed by atoms with E-state index in [2.05, 4.69) is 10.1 Å². The minimum atomic E-state index is -0.359. The molecule has 0 amide bonds. The molecule has 0 saturated heterocycles. The van der Waals surface area contributed by atoms with E-state index in [0.29, 0.717) is 23.7 Å². The second-order valence-corrected chi connectivity index (χ2v) is 3.63. The number of halogens is 1. The first-order valence-corrected chi connectivity index (χ1v) is 5.40. The average Bonchev–Trinajstić information content (AvgIpc) is 2.79. The Balaban J connectivity index is 2.04. The van der Waals surface area contributed by atoms with Crippen LogP contribution in [-0.2, 0) is 13.0 Å². The van der Waals surface area contributed by atoms with E-state index in [-0.39, 0.29) is 18.2 Å². The molecule has 2 rings (SSSR count). The molecule has 0 radical (unpaired) electrons. The van der Waals surface area contributed by atoms with Gasteiger partial charge in [-0.05, 0) is 18.6 Å². The molecular formula is C12H13FN2O2. The lowest BCUT2D eigenvalue weighted by Crippen LogP contribution is -1.99. The number of nitrogens with zero attached hydrogens (tertiary/aromatic N) is 2. The fraction of sp³-hybridized carbons (Fsp3) is 0.333. The van der Waals surface area contributed by atoms with Gasteiger partial charge in [0.15, 0.2) is 24.0 Å². The first kappa shape index (κ1) is 11.6. The van der Waals surface area contributed by atoms with E-state index in [1.54, 1.807) is 25.1 Å². The van der Waals surface area contributed by atoms with Gasteiger partial charge in [0, 0.05) is 6.42 Å². The predicted molar refractivity (Wildman–Crippen MR) is 59.1 cm³/mol. The van der Waals surface area contributed by atoms with E-state index < -0.39 is 0 Å². The summed E-state index contributed by atoms with van der Waals surface area (Å²) in [7, 11) is 0. The van der Waals surface area contributed by atoms with E-state index in [1.807, 2.05) is 6.92 Å². The number of hydrogen-bond acceptors (Lipinski definition) is 4. The van der Waals surface area contributed by atoms with Crippen LogP contribution in [0.3, 0.4) is 0 Å². The Kier molecular flexibility index (Phi) is 3.37. The molecule has 1 aromatic carbocycles. The van der Waals surface area contributed by atoms with Gasteiger partial charge in [-0.25, -0.2) is 4.39 Å². The summed E-state index contributed by atoms with van der Waals surface area (Å²) < 4.78 is 23.8. The van der Waals surface area contributed by atoms with Crippen LogP contribution in [0, 0.1) is 12.7 Å². The van der Waals surface area contributed by atoms with Crippen LogP contribution >= 0.6 is 0 Å². The van der Waals surface area contributed by atoms with Crippen LogP contribution in [0.15, 0.2) is 22.7 Å². The predicted octanol–water partition coefficient (Wildman–Crippen LogP) is 2.66. The van der Waals surface area contributed by atoms with Crippen LogP contribution in [0.4, 0.5) is 4.39 Å². The highest BCUT2D eigenvalue weighted by atomic mass is 19.1. The molecule has 0 aliphatic heterocycles. The molecule has 0 N–H and O–H groups in total. The van der Waals surface area contributed by atoms with Crippen LogP contribution in [0.25, 0.3) is 0 Å². The van der Waals surface area contributed by atoms with Crippen molar-refractivity contribution in [2.24, 2.45) is 0 Å². The molecule has 0 aliphatic rings. The fourth-order valence-corrected chi connectivity index (χ4v) is 1.36. The molecule has 0 fully saturated rings. The van der Waals surface area contributed by atoms with Gasteiger partial charge < -0.3 is 9.26 Å². The van der Waals surface area contributed by atoms with E-state index in [4.69, 9.17) is 9.26 Å². The van der Waals surface area contributed by atoms with Gasteiger partial charge in [0.05, 0.1) is 0 Å². The third-order valence-corrected chi connectivity index (χ3v) is 2.33. The molecule has 1 aromatic heterocycles. The van der Waals surface area contributed by atoms with Crippen LogP contribution < -0.4 is 4.74 Å². The summed E-state index contributed by atoms with van der Waals surface area (Å²) in [5.41, 5.74) is 0.544. The lowest BCUT2D eigenvalue weighted by atomic mass is 10.2. The second-order valence-electron chi connectivity index (χ2n) is 3.63. The summed E-state index contributed by atoms with van der Waals surface area (Å²) >= 11 is 0. The first-order valence-electron chi connectivity index (χ1n) is 5.40. The van der Waals surface area contributed by atoms with Crippen molar-refractivity contribution in [2.75, 3.05) is 0 Å². The Morgan fingerprint density at radius 1 is 1.41 bits per heavy atom. The molecule has 0 bridgehead atoms. The molecule has 1 heterocycles. The van der Waals surface area contributed by atoms with Crippen molar-refractivity contribution in [3.8, 4) is 5.75 Å². The highest BCUT2D eigenvalue weighted by Gasteiger charge is 2.09.